The van der Waals surface area contributed by atoms with E-state index in [-0.39, 0.29) is 17.7 Å². The third kappa shape index (κ3) is 3.18. The number of carbonyl (C=O) groups excluding carboxylic acids is 2. The van der Waals surface area contributed by atoms with Crippen molar-refractivity contribution in [3.63, 3.8) is 0 Å². The molecule has 0 saturated carbocycles. The predicted octanol–water partition coefficient (Wildman–Crippen LogP) is 0.415. The molecule has 1 saturated heterocycles. The highest BCUT2D eigenvalue weighted by molar-refractivity contribution is 5.86. The van der Waals surface area contributed by atoms with Gasteiger partial charge in [0.25, 0.3) is 0 Å². The fourth-order valence-corrected chi connectivity index (χ4v) is 5.17. The Balaban J connectivity index is 1.69. The van der Waals surface area contributed by atoms with Crippen molar-refractivity contribution in [2.45, 2.75) is 32.7 Å². The van der Waals surface area contributed by atoms with Gasteiger partial charge in [0, 0.05) is 74.6 Å². The van der Waals surface area contributed by atoms with Crippen LogP contribution in [-0.2, 0) is 16.6 Å². The van der Waals surface area contributed by atoms with Crippen molar-refractivity contribution in [3.8, 4) is 17.1 Å². The summed E-state index contributed by atoms with van der Waals surface area (Å²) in [6.07, 6.45) is 9.85. The SMILES string of the molecule is CC(=O)N=c1ccn(C)c2c1C=CC1=c3c-2c(O)[nH]c3=CCN1C1CCN(C(C)=O)CC1. The molecule has 8 heteroatoms. The lowest BCUT2D eigenvalue weighted by atomic mass is 10.00. The maximum absolute atomic E-state index is 11.8. The highest BCUT2D eigenvalue weighted by Gasteiger charge is 2.30. The fourth-order valence-electron chi connectivity index (χ4n) is 5.17. The van der Waals surface area contributed by atoms with Crippen LogP contribution in [0.1, 0.15) is 32.3 Å². The second kappa shape index (κ2) is 7.55. The van der Waals surface area contributed by atoms with Crippen molar-refractivity contribution in [3.05, 3.63) is 39.8 Å². The Morgan fingerprint density at radius 3 is 2.62 bits per heavy atom. The van der Waals surface area contributed by atoms with E-state index < -0.39 is 0 Å². The lowest BCUT2D eigenvalue weighted by molar-refractivity contribution is -0.130. The van der Waals surface area contributed by atoms with Gasteiger partial charge in [0.2, 0.25) is 11.8 Å². The average molecular weight is 434 g/mol. The summed E-state index contributed by atoms with van der Waals surface area (Å²) in [6.45, 7) is 5.29. The summed E-state index contributed by atoms with van der Waals surface area (Å²) in [6, 6.07) is 2.12. The van der Waals surface area contributed by atoms with Gasteiger partial charge in [-0.05, 0) is 37.1 Å². The first-order valence-corrected chi connectivity index (χ1v) is 11.0. The van der Waals surface area contributed by atoms with Gasteiger partial charge in [0.1, 0.15) is 0 Å². The smallest absolute Gasteiger partial charge is 0.243 e. The number of nitrogens with zero attached hydrogens (tertiary/aromatic N) is 4. The number of fused-ring (bicyclic) bond motifs is 2. The minimum Gasteiger partial charge on any atom is -0.494 e. The molecule has 2 aliphatic heterocycles. The second-order valence-electron chi connectivity index (χ2n) is 8.65. The van der Waals surface area contributed by atoms with Gasteiger partial charge < -0.3 is 24.5 Å². The van der Waals surface area contributed by atoms with Crippen molar-refractivity contribution in [2.75, 3.05) is 19.6 Å². The molecule has 2 N–H and O–H groups in total. The van der Waals surface area contributed by atoms with Crippen LogP contribution in [0, 0.1) is 0 Å². The number of aryl methyl sites for hydroxylation is 1. The summed E-state index contributed by atoms with van der Waals surface area (Å²) in [5, 5.41) is 13.4. The normalized spacial score (nSPS) is 18.2. The quantitative estimate of drug-likeness (QED) is 0.682. The van der Waals surface area contributed by atoms with Gasteiger partial charge in [0.05, 0.1) is 16.6 Å². The van der Waals surface area contributed by atoms with Gasteiger partial charge in [-0.2, -0.15) is 0 Å². The maximum atomic E-state index is 11.8. The number of aromatic amines is 1. The van der Waals surface area contributed by atoms with E-state index in [1.165, 1.54) is 6.92 Å². The molecule has 5 rings (SSSR count). The fraction of sp³-hybridized carbons (Fsp3) is 0.375. The molecule has 2 amide bonds. The average Bonchev–Trinajstić information content (AvgIpc) is 2.97. The zero-order valence-electron chi connectivity index (χ0n) is 18.6. The summed E-state index contributed by atoms with van der Waals surface area (Å²) in [7, 11) is 1.93. The first kappa shape index (κ1) is 20.4. The van der Waals surface area contributed by atoms with E-state index in [1.807, 2.05) is 34.9 Å². The Hall–Kier alpha value is -3.55. The van der Waals surface area contributed by atoms with Gasteiger partial charge in [-0.3, -0.25) is 9.59 Å². The molecular weight excluding hydrogens is 406 g/mol. The van der Waals surface area contributed by atoms with Gasteiger partial charge in [-0.15, -0.1) is 0 Å². The van der Waals surface area contributed by atoms with E-state index in [2.05, 4.69) is 27.0 Å². The summed E-state index contributed by atoms with van der Waals surface area (Å²) >= 11 is 0. The zero-order valence-corrected chi connectivity index (χ0v) is 18.6. The molecule has 2 aromatic rings. The molecule has 8 nitrogen and oxygen atoms in total. The van der Waals surface area contributed by atoms with E-state index in [0.717, 1.165) is 65.6 Å². The van der Waals surface area contributed by atoms with E-state index >= 15 is 0 Å². The van der Waals surface area contributed by atoms with Crippen LogP contribution < -0.4 is 15.9 Å². The van der Waals surface area contributed by atoms with Crippen LogP contribution in [0.4, 0.5) is 0 Å². The van der Waals surface area contributed by atoms with Gasteiger partial charge in [0.15, 0.2) is 5.88 Å². The Kier molecular flexibility index (Phi) is 4.80. The predicted molar refractivity (Wildman–Crippen MR) is 121 cm³/mol. The Morgan fingerprint density at radius 1 is 1.19 bits per heavy atom. The van der Waals surface area contributed by atoms with Crippen LogP contribution in [0.3, 0.4) is 0 Å². The van der Waals surface area contributed by atoms with Crippen LogP contribution in [0.5, 0.6) is 5.88 Å². The summed E-state index contributed by atoms with van der Waals surface area (Å²) in [5.74, 6) is -0.0309. The number of amides is 2. The van der Waals surface area contributed by atoms with Crippen molar-refractivity contribution >= 4 is 29.7 Å². The third-order valence-electron chi connectivity index (χ3n) is 6.68. The Bertz CT molecular complexity index is 1350. The van der Waals surface area contributed by atoms with Gasteiger partial charge in [-0.1, -0.05) is 0 Å². The minimum atomic E-state index is -0.265. The maximum Gasteiger partial charge on any atom is 0.243 e. The molecule has 1 aliphatic carbocycles. The largest absolute Gasteiger partial charge is 0.494 e. The first-order chi connectivity index (χ1) is 15.3. The lowest BCUT2D eigenvalue weighted by Crippen LogP contribution is -2.49. The molecule has 0 aromatic carbocycles. The molecule has 4 heterocycles. The molecule has 3 aliphatic rings. The van der Waals surface area contributed by atoms with Crippen LogP contribution in [0.2, 0.25) is 0 Å². The number of hydrogen-bond donors (Lipinski definition) is 2. The Morgan fingerprint density at radius 2 is 1.94 bits per heavy atom. The monoisotopic (exact) mass is 433 g/mol. The highest BCUT2D eigenvalue weighted by atomic mass is 16.3. The van der Waals surface area contributed by atoms with Gasteiger partial charge >= 0.3 is 0 Å². The molecule has 0 atom stereocenters. The number of pyridine rings is 1. The first-order valence-electron chi connectivity index (χ1n) is 11.0. The van der Waals surface area contributed by atoms with E-state index in [4.69, 9.17) is 0 Å². The molecule has 166 valence electrons. The number of aromatic hydroxyl groups is 1. The van der Waals surface area contributed by atoms with E-state index in [9.17, 15) is 14.7 Å². The second-order valence-corrected chi connectivity index (χ2v) is 8.65. The molecule has 0 spiro atoms. The molecular formula is C24H27N5O3. The number of H-pyrrole nitrogens is 1. The molecule has 32 heavy (non-hydrogen) atoms. The molecule has 2 aromatic heterocycles. The third-order valence-corrected chi connectivity index (χ3v) is 6.68. The van der Waals surface area contributed by atoms with Crippen molar-refractivity contribution in [2.24, 2.45) is 12.0 Å². The van der Waals surface area contributed by atoms with Crippen molar-refractivity contribution in [1.29, 1.82) is 0 Å². The number of aromatic nitrogens is 2. The topological polar surface area (TPSA) is 93.9 Å². The number of piperidine rings is 1. The van der Waals surface area contributed by atoms with Crippen molar-refractivity contribution < 1.29 is 14.7 Å². The highest BCUT2D eigenvalue weighted by Crippen LogP contribution is 2.31. The Labute approximate surface area is 185 Å². The zero-order chi connectivity index (χ0) is 22.6. The van der Waals surface area contributed by atoms with E-state index in [1.54, 1.807) is 6.92 Å². The molecule has 0 radical (unpaired) electrons. The molecule has 0 bridgehead atoms. The number of carbonyl (C=O) groups is 2. The number of nitrogens with one attached hydrogen (secondary N) is 1. The lowest BCUT2D eigenvalue weighted by Gasteiger charge is -2.40. The summed E-state index contributed by atoms with van der Waals surface area (Å²) in [5.41, 5.74) is 3.38. The van der Waals surface area contributed by atoms with Crippen LogP contribution >= 0.6 is 0 Å². The van der Waals surface area contributed by atoms with E-state index in [0.29, 0.717) is 11.4 Å². The van der Waals surface area contributed by atoms with Crippen LogP contribution in [0.25, 0.3) is 29.1 Å². The summed E-state index contributed by atoms with van der Waals surface area (Å²) < 4.78 is 1.95. The summed E-state index contributed by atoms with van der Waals surface area (Å²) in [4.78, 5) is 35.1. The molecule has 1 fully saturated rings. The standard InChI is InChI=1S/C24H27N5O3/c1-14(30)25-18-8-10-27(3)23-17(18)4-5-20-21-19(26-24(32)22(21)23)9-13-29(20)16-6-11-28(12-7-16)15(2)31/h4-5,8-10,16,26,32H,6-7,11-13H2,1-3H3. The number of likely N-dealkylation sites (tertiary alicyclic amines) is 1. The molecule has 0 unspecified atom stereocenters. The number of hydrogen-bond acceptors (Lipinski definition) is 4. The van der Waals surface area contributed by atoms with Crippen LogP contribution in [-0.4, -0.2) is 61.9 Å². The minimum absolute atomic E-state index is 0.109. The van der Waals surface area contributed by atoms with Crippen molar-refractivity contribution in [1.82, 2.24) is 19.4 Å². The number of rotatable bonds is 1. The van der Waals surface area contributed by atoms with Crippen LogP contribution in [0.15, 0.2) is 23.3 Å². The van der Waals surface area contributed by atoms with Gasteiger partial charge in [-0.25, -0.2) is 4.99 Å².